The molecule has 0 aliphatic heterocycles. The lowest BCUT2D eigenvalue weighted by Gasteiger charge is -2.07. The Morgan fingerprint density at radius 1 is 1.65 bits per heavy atom. The normalized spacial score (nSPS) is 12.6. The summed E-state index contributed by atoms with van der Waals surface area (Å²) in [7, 11) is 0. The second-order valence-electron chi connectivity index (χ2n) is 3.58. The van der Waals surface area contributed by atoms with Crippen LogP contribution in [-0.2, 0) is 4.79 Å². The second kappa shape index (κ2) is 5.83. The Morgan fingerprint density at radius 2 is 2.35 bits per heavy atom. The van der Waals surface area contributed by atoms with Gasteiger partial charge in [0.15, 0.2) is 0 Å². The first-order valence-electron chi connectivity index (χ1n) is 5.25. The Hall–Kier alpha value is -2.11. The van der Waals surface area contributed by atoms with Crippen LogP contribution in [0.15, 0.2) is 22.6 Å². The molecule has 0 saturated carbocycles. The Morgan fingerprint density at radius 3 is 2.88 bits per heavy atom. The first-order valence-corrected chi connectivity index (χ1v) is 5.25. The van der Waals surface area contributed by atoms with Gasteiger partial charge in [-0.15, -0.1) is 0 Å². The molecule has 0 bridgehead atoms. The quantitative estimate of drug-likeness (QED) is 0.483. The summed E-state index contributed by atoms with van der Waals surface area (Å²) < 4.78 is 4.86. The third kappa shape index (κ3) is 4.10. The van der Waals surface area contributed by atoms with Gasteiger partial charge in [-0.1, -0.05) is 6.92 Å². The third-order valence-electron chi connectivity index (χ3n) is 2.19. The van der Waals surface area contributed by atoms with E-state index in [-0.39, 0.29) is 23.6 Å². The van der Waals surface area contributed by atoms with Gasteiger partial charge in [0.1, 0.15) is 10.7 Å². The highest BCUT2D eigenvalue weighted by Crippen LogP contribution is 2.16. The molecule has 0 aromatic carbocycles. The predicted octanol–water partition coefficient (Wildman–Crippen LogP) is 2.12. The number of carbonyl (C=O) groups is 1. The van der Waals surface area contributed by atoms with E-state index in [4.69, 9.17) is 4.42 Å². The van der Waals surface area contributed by atoms with Gasteiger partial charge < -0.3 is 9.73 Å². The summed E-state index contributed by atoms with van der Waals surface area (Å²) >= 11 is 0. The first kappa shape index (κ1) is 13.0. The van der Waals surface area contributed by atoms with Crippen LogP contribution in [0.4, 0.5) is 5.88 Å². The van der Waals surface area contributed by atoms with Crippen molar-refractivity contribution in [3.05, 3.63) is 34.1 Å². The van der Waals surface area contributed by atoms with Gasteiger partial charge in [-0.25, -0.2) is 0 Å². The highest BCUT2D eigenvalue weighted by molar-refractivity contribution is 5.91. The second-order valence-corrected chi connectivity index (χ2v) is 3.58. The van der Waals surface area contributed by atoms with Gasteiger partial charge in [0, 0.05) is 12.1 Å². The number of carbonyl (C=O) groups excluding carboxylic acids is 1. The largest absolute Gasteiger partial charge is 0.433 e. The van der Waals surface area contributed by atoms with Crippen LogP contribution in [0.5, 0.6) is 0 Å². The molecule has 0 spiro atoms. The molecule has 17 heavy (non-hydrogen) atoms. The van der Waals surface area contributed by atoms with Crippen molar-refractivity contribution in [3.63, 3.8) is 0 Å². The van der Waals surface area contributed by atoms with E-state index < -0.39 is 4.92 Å². The summed E-state index contributed by atoms with van der Waals surface area (Å²) in [6.07, 6.45) is 3.52. The number of nitrogens with zero attached hydrogens (tertiary/aromatic N) is 1. The first-order chi connectivity index (χ1) is 8.02. The standard InChI is InChI=1S/C11H14N2O4/c1-3-8(2)12-10(14)6-4-9-5-7-11(17-9)13(15)16/h4-8H,3H2,1-2H3,(H,12,14)/b6-4-. The van der Waals surface area contributed by atoms with Crippen LogP contribution < -0.4 is 5.32 Å². The maximum Gasteiger partial charge on any atom is 0.433 e. The van der Waals surface area contributed by atoms with E-state index in [1.54, 1.807) is 0 Å². The van der Waals surface area contributed by atoms with Gasteiger partial charge in [0.2, 0.25) is 5.91 Å². The number of hydrogen-bond acceptors (Lipinski definition) is 4. The molecular weight excluding hydrogens is 224 g/mol. The average molecular weight is 238 g/mol. The molecule has 1 N–H and O–H groups in total. The fourth-order valence-corrected chi connectivity index (χ4v) is 1.08. The molecule has 0 saturated heterocycles. The zero-order chi connectivity index (χ0) is 12.8. The van der Waals surface area contributed by atoms with Gasteiger partial charge in [-0.05, 0) is 25.5 Å². The van der Waals surface area contributed by atoms with Crippen molar-refractivity contribution in [2.45, 2.75) is 26.3 Å². The zero-order valence-corrected chi connectivity index (χ0v) is 9.67. The lowest BCUT2D eigenvalue weighted by atomic mass is 10.2. The van der Waals surface area contributed by atoms with Crippen LogP contribution in [-0.4, -0.2) is 16.9 Å². The van der Waals surface area contributed by atoms with Crippen LogP contribution >= 0.6 is 0 Å². The summed E-state index contributed by atoms with van der Waals surface area (Å²) in [5, 5.41) is 13.1. The minimum absolute atomic E-state index is 0.0955. The van der Waals surface area contributed by atoms with Gasteiger partial charge in [0.05, 0.1) is 6.07 Å². The number of hydrogen-bond donors (Lipinski definition) is 1. The molecular formula is C11H14N2O4. The van der Waals surface area contributed by atoms with E-state index in [0.29, 0.717) is 0 Å². The van der Waals surface area contributed by atoms with Crippen molar-refractivity contribution >= 4 is 17.9 Å². The van der Waals surface area contributed by atoms with Crippen molar-refractivity contribution < 1.29 is 14.1 Å². The van der Waals surface area contributed by atoms with Crippen molar-refractivity contribution in [3.8, 4) is 0 Å². The van der Waals surface area contributed by atoms with E-state index in [1.165, 1.54) is 24.3 Å². The van der Waals surface area contributed by atoms with E-state index in [9.17, 15) is 14.9 Å². The summed E-state index contributed by atoms with van der Waals surface area (Å²) in [6, 6.07) is 2.77. The van der Waals surface area contributed by atoms with E-state index in [0.717, 1.165) is 6.42 Å². The SMILES string of the molecule is CCC(C)NC(=O)/C=C\c1ccc([N+](=O)[O-])o1. The fraction of sp³-hybridized carbons (Fsp3) is 0.364. The molecule has 92 valence electrons. The maximum atomic E-state index is 11.4. The monoisotopic (exact) mass is 238 g/mol. The Labute approximate surface area is 98.5 Å². The molecule has 1 aromatic heterocycles. The zero-order valence-electron chi connectivity index (χ0n) is 9.67. The predicted molar refractivity (Wildman–Crippen MR) is 62.3 cm³/mol. The topological polar surface area (TPSA) is 85.4 Å². The van der Waals surface area contributed by atoms with Crippen molar-refractivity contribution in [2.75, 3.05) is 0 Å². The molecule has 1 atom stereocenters. The van der Waals surface area contributed by atoms with Crippen LogP contribution in [0, 0.1) is 10.1 Å². The molecule has 0 aliphatic rings. The van der Waals surface area contributed by atoms with Crippen molar-refractivity contribution in [1.29, 1.82) is 0 Å². The molecule has 0 radical (unpaired) electrons. The average Bonchev–Trinajstić information content (AvgIpc) is 2.75. The molecule has 1 aromatic rings. The van der Waals surface area contributed by atoms with E-state index in [2.05, 4.69) is 5.32 Å². The molecule has 1 heterocycles. The van der Waals surface area contributed by atoms with E-state index >= 15 is 0 Å². The minimum Gasteiger partial charge on any atom is -0.401 e. The van der Waals surface area contributed by atoms with Crippen LogP contribution in [0.25, 0.3) is 6.08 Å². The van der Waals surface area contributed by atoms with Crippen molar-refractivity contribution in [1.82, 2.24) is 5.32 Å². The van der Waals surface area contributed by atoms with Crippen LogP contribution in [0.3, 0.4) is 0 Å². The smallest absolute Gasteiger partial charge is 0.401 e. The van der Waals surface area contributed by atoms with Crippen LogP contribution in [0.2, 0.25) is 0 Å². The molecule has 1 amide bonds. The molecule has 0 aliphatic carbocycles. The minimum atomic E-state index is -0.628. The Balaban J connectivity index is 2.58. The lowest BCUT2D eigenvalue weighted by molar-refractivity contribution is -0.402. The number of nitro groups is 1. The number of nitrogens with one attached hydrogen (secondary N) is 1. The highest BCUT2D eigenvalue weighted by atomic mass is 16.6. The van der Waals surface area contributed by atoms with Gasteiger partial charge in [0.25, 0.3) is 0 Å². The van der Waals surface area contributed by atoms with Gasteiger partial charge >= 0.3 is 5.88 Å². The highest BCUT2D eigenvalue weighted by Gasteiger charge is 2.10. The van der Waals surface area contributed by atoms with Gasteiger partial charge in [-0.3, -0.25) is 14.9 Å². The molecule has 1 unspecified atom stereocenters. The molecule has 6 nitrogen and oxygen atoms in total. The summed E-state index contributed by atoms with van der Waals surface area (Å²) in [4.78, 5) is 21.1. The Bertz CT molecular complexity index is 436. The van der Waals surface area contributed by atoms with Gasteiger partial charge in [-0.2, -0.15) is 0 Å². The molecule has 1 rings (SSSR count). The fourth-order valence-electron chi connectivity index (χ4n) is 1.08. The number of furan rings is 1. The van der Waals surface area contributed by atoms with Crippen LogP contribution in [0.1, 0.15) is 26.0 Å². The maximum absolute atomic E-state index is 11.4. The Kier molecular flexibility index (Phi) is 4.45. The number of rotatable bonds is 5. The summed E-state index contributed by atoms with van der Waals surface area (Å²) in [5.74, 6) is -0.318. The third-order valence-corrected chi connectivity index (χ3v) is 2.19. The summed E-state index contributed by atoms with van der Waals surface area (Å²) in [5.41, 5.74) is 0. The van der Waals surface area contributed by atoms with Crippen molar-refractivity contribution in [2.24, 2.45) is 0 Å². The summed E-state index contributed by atoms with van der Waals surface area (Å²) in [6.45, 7) is 3.86. The lowest BCUT2D eigenvalue weighted by Crippen LogP contribution is -2.30. The van der Waals surface area contributed by atoms with E-state index in [1.807, 2.05) is 13.8 Å². The molecule has 0 fully saturated rings. The number of amides is 1. The molecule has 6 heteroatoms.